The van der Waals surface area contributed by atoms with Crippen LogP contribution in [0.2, 0.25) is 0 Å². The standard InChI is InChI=1S/C17H12N4S3/c1-3-14(10-18-6-1)20-17-21(19-9-13-5-8-22-11-13)15(12-24-17)16-4-2-7-23-16/h1-12H. The van der Waals surface area contributed by atoms with Gasteiger partial charge < -0.3 is 0 Å². The van der Waals surface area contributed by atoms with Crippen LogP contribution in [0.5, 0.6) is 0 Å². The maximum atomic E-state index is 4.68. The monoisotopic (exact) mass is 368 g/mol. The van der Waals surface area contributed by atoms with E-state index in [-0.39, 0.29) is 0 Å². The van der Waals surface area contributed by atoms with Crippen LogP contribution < -0.4 is 4.80 Å². The molecule has 0 N–H and O–H groups in total. The van der Waals surface area contributed by atoms with Gasteiger partial charge in [-0.15, -0.1) is 22.7 Å². The van der Waals surface area contributed by atoms with E-state index in [1.54, 1.807) is 46.4 Å². The molecule has 0 bridgehead atoms. The van der Waals surface area contributed by atoms with Gasteiger partial charge in [0.05, 0.1) is 28.7 Å². The third-order valence-corrected chi connectivity index (χ3v) is 5.61. The molecule has 0 atom stereocenters. The van der Waals surface area contributed by atoms with Gasteiger partial charge in [0.15, 0.2) is 0 Å². The topological polar surface area (TPSA) is 42.5 Å². The van der Waals surface area contributed by atoms with E-state index in [9.17, 15) is 0 Å². The van der Waals surface area contributed by atoms with Crippen LogP contribution in [0.1, 0.15) is 5.56 Å². The molecule has 0 aromatic carbocycles. The first kappa shape index (κ1) is 15.2. The molecule has 4 aromatic heterocycles. The summed E-state index contributed by atoms with van der Waals surface area (Å²) in [6, 6.07) is 10.00. The van der Waals surface area contributed by atoms with Crippen molar-refractivity contribution in [3.05, 3.63) is 74.6 Å². The third kappa shape index (κ3) is 3.28. The second kappa shape index (κ2) is 7.04. The van der Waals surface area contributed by atoms with Crippen molar-refractivity contribution >= 4 is 45.9 Å². The van der Waals surface area contributed by atoms with Gasteiger partial charge in [-0.2, -0.15) is 16.4 Å². The molecule has 4 rings (SSSR count). The van der Waals surface area contributed by atoms with Gasteiger partial charge in [0.25, 0.3) is 0 Å². The van der Waals surface area contributed by atoms with E-state index in [4.69, 9.17) is 0 Å². The van der Waals surface area contributed by atoms with E-state index in [0.717, 1.165) is 21.7 Å². The number of pyridine rings is 1. The minimum absolute atomic E-state index is 0.816. The Morgan fingerprint density at radius 2 is 2.04 bits per heavy atom. The Kier molecular flexibility index (Phi) is 4.46. The Bertz CT molecular complexity index is 994. The lowest BCUT2D eigenvalue weighted by molar-refractivity contribution is 0.856. The minimum Gasteiger partial charge on any atom is -0.262 e. The summed E-state index contributed by atoms with van der Waals surface area (Å²) in [6.45, 7) is 0. The maximum Gasteiger partial charge on any atom is 0.211 e. The maximum absolute atomic E-state index is 4.68. The van der Waals surface area contributed by atoms with Crippen molar-refractivity contribution in [2.75, 3.05) is 0 Å². The Labute approximate surface area is 150 Å². The van der Waals surface area contributed by atoms with Gasteiger partial charge in [0.2, 0.25) is 4.80 Å². The molecular weight excluding hydrogens is 356 g/mol. The van der Waals surface area contributed by atoms with Crippen LogP contribution in [0.3, 0.4) is 0 Å². The van der Waals surface area contributed by atoms with Gasteiger partial charge in [-0.25, -0.2) is 9.67 Å². The summed E-state index contributed by atoms with van der Waals surface area (Å²) < 4.78 is 1.89. The van der Waals surface area contributed by atoms with Crippen LogP contribution >= 0.6 is 34.0 Å². The van der Waals surface area contributed by atoms with Crippen molar-refractivity contribution in [2.24, 2.45) is 10.1 Å². The Balaban J connectivity index is 1.84. The van der Waals surface area contributed by atoms with Gasteiger partial charge in [-0.1, -0.05) is 6.07 Å². The van der Waals surface area contributed by atoms with Crippen LogP contribution in [0.15, 0.2) is 74.3 Å². The predicted octanol–water partition coefficient (Wildman–Crippen LogP) is 4.85. The largest absolute Gasteiger partial charge is 0.262 e. The van der Waals surface area contributed by atoms with Crippen molar-refractivity contribution < 1.29 is 0 Å². The smallest absolute Gasteiger partial charge is 0.211 e. The van der Waals surface area contributed by atoms with Gasteiger partial charge in [0, 0.05) is 17.1 Å². The van der Waals surface area contributed by atoms with Crippen molar-refractivity contribution in [1.29, 1.82) is 0 Å². The number of thiazole rings is 1. The molecule has 0 spiro atoms. The zero-order chi connectivity index (χ0) is 16.2. The fourth-order valence-electron chi connectivity index (χ4n) is 2.09. The Morgan fingerprint density at radius 3 is 2.79 bits per heavy atom. The Morgan fingerprint density at radius 1 is 1.04 bits per heavy atom. The molecule has 4 nitrogen and oxygen atoms in total. The summed E-state index contributed by atoms with van der Waals surface area (Å²) in [5.41, 5.74) is 2.95. The van der Waals surface area contributed by atoms with Gasteiger partial charge in [0.1, 0.15) is 0 Å². The van der Waals surface area contributed by atoms with Crippen molar-refractivity contribution in [3.8, 4) is 10.6 Å². The zero-order valence-corrected chi connectivity index (χ0v) is 14.9. The summed E-state index contributed by atoms with van der Waals surface area (Å²) in [7, 11) is 0. The first-order chi connectivity index (χ1) is 11.9. The van der Waals surface area contributed by atoms with Crippen LogP contribution in [0, 0.1) is 0 Å². The normalized spacial score (nSPS) is 12.2. The Hall–Kier alpha value is -2.35. The number of thiophene rings is 2. The molecule has 7 heteroatoms. The first-order valence-corrected chi connectivity index (χ1v) is 9.86. The summed E-state index contributed by atoms with van der Waals surface area (Å²) in [6.07, 6.45) is 5.35. The molecule has 4 heterocycles. The fourth-order valence-corrected chi connectivity index (χ4v) is 4.35. The predicted molar refractivity (Wildman–Crippen MR) is 102 cm³/mol. The summed E-state index contributed by atoms with van der Waals surface area (Å²) in [4.78, 5) is 10.8. The quantitative estimate of drug-likeness (QED) is 0.475. The SMILES string of the molecule is C(=Nn1c(-c2cccs2)csc1=Nc1cccnc1)c1ccsc1. The van der Waals surface area contributed by atoms with Crippen LogP contribution in [0.25, 0.3) is 10.6 Å². The number of nitrogens with zero attached hydrogens (tertiary/aromatic N) is 4. The highest BCUT2D eigenvalue weighted by Crippen LogP contribution is 2.25. The van der Waals surface area contributed by atoms with Crippen molar-refractivity contribution in [2.45, 2.75) is 0 Å². The molecule has 0 aliphatic carbocycles. The van der Waals surface area contributed by atoms with E-state index < -0.39 is 0 Å². The van der Waals surface area contributed by atoms with Crippen LogP contribution in [0.4, 0.5) is 5.69 Å². The summed E-state index contributed by atoms with van der Waals surface area (Å²) in [5, 5.41) is 12.9. The molecular formula is C17H12N4S3. The molecule has 118 valence electrons. The summed E-state index contributed by atoms with van der Waals surface area (Å²) >= 11 is 4.92. The minimum atomic E-state index is 0.816. The number of hydrogen-bond donors (Lipinski definition) is 0. The van der Waals surface area contributed by atoms with Crippen LogP contribution in [-0.4, -0.2) is 15.9 Å². The molecule has 4 aromatic rings. The second-order valence-electron chi connectivity index (χ2n) is 4.82. The van der Waals surface area contributed by atoms with Crippen molar-refractivity contribution in [3.63, 3.8) is 0 Å². The molecule has 0 amide bonds. The molecule has 0 aliphatic rings. The first-order valence-electron chi connectivity index (χ1n) is 7.16. The summed E-state index contributed by atoms with van der Waals surface area (Å²) in [5.74, 6) is 0. The highest BCUT2D eigenvalue weighted by molar-refractivity contribution is 7.14. The molecule has 24 heavy (non-hydrogen) atoms. The van der Waals surface area contributed by atoms with Crippen molar-refractivity contribution in [1.82, 2.24) is 9.66 Å². The van der Waals surface area contributed by atoms with Crippen LogP contribution in [-0.2, 0) is 0 Å². The lowest BCUT2D eigenvalue weighted by Crippen LogP contribution is -2.11. The molecule has 0 unspecified atom stereocenters. The van der Waals surface area contributed by atoms with Gasteiger partial charge >= 0.3 is 0 Å². The molecule has 0 aliphatic heterocycles. The molecule has 0 fully saturated rings. The number of hydrogen-bond acceptors (Lipinski definition) is 6. The lowest BCUT2D eigenvalue weighted by atomic mass is 10.4. The second-order valence-corrected chi connectivity index (χ2v) is 7.38. The number of rotatable bonds is 4. The fraction of sp³-hybridized carbons (Fsp3) is 0. The van der Waals surface area contributed by atoms with E-state index in [1.807, 2.05) is 40.5 Å². The average molecular weight is 369 g/mol. The zero-order valence-electron chi connectivity index (χ0n) is 12.4. The van der Waals surface area contributed by atoms with E-state index >= 15 is 0 Å². The van der Waals surface area contributed by atoms with Gasteiger partial charge in [-0.3, -0.25) is 4.98 Å². The van der Waals surface area contributed by atoms with E-state index in [1.165, 1.54) is 4.88 Å². The highest BCUT2D eigenvalue weighted by Gasteiger charge is 2.08. The molecule has 0 saturated heterocycles. The lowest BCUT2D eigenvalue weighted by Gasteiger charge is -2.00. The highest BCUT2D eigenvalue weighted by atomic mass is 32.1. The van der Waals surface area contributed by atoms with E-state index in [2.05, 4.69) is 37.3 Å². The number of aromatic nitrogens is 2. The molecule has 0 saturated carbocycles. The van der Waals surface area contributed by atoms with E-state index in [0.29, 0.717) is 0 Å². The average Bonchev–Trinajstić information content (AvgIpc) is 3.36. The molecule has 0 radical (unpaired) electrons. The van der Waals surface area contributed by atoms with Gasteiger partial charge in [-0.05, 0) is 40.4 Å². The third-order valence-electron chi connectivity index (χ3n) is 3.20.